The minimum absolute atomic E-state index is 0.601. The molecule has 0 bridgehead atoms. The third-order valence-corrected chi connectivity index (χ3v) is 4.11. The molecule has 0 aliphatic carbocycles. The van der Waals surface area contributed by atoms with Crippen molar-refractivity contribution >= 4 is 50.6 Å². The Kier molecular flexibility index (Phi) is 4.42. The smallest absolute Gasteiger partial charge is 0.224 e. The topological polar surface area (TPSA) is 41.1 Å². The molecular weight excluding hydrogens is 336 g/mol. The lowest BCUT2D eigenvalue weighted by molar-refractivity contribution is 0.900. The molecule has 2 aromatic heterocycles. The molecule has 0 unspecified atom stereocenters. The van der Waals surface area contributed by atoms with E-state index >= 15 is 0 Å². The van der Waals surface area contributed by atoms with Crippen molar-refractivity contribution in [1.29, 1.82) is 0 Å². The molecule has 0 amide bonds. The van der Waals surface area contributed by atoms with Crippen LogP contribution in [0.5, 0.6) is 0 Å². The predicted molar refractivity (Wildman–Crippen MR) is 80.7 cm³/mol. The molecule has 1 N–H and O–H groups in total. The molecule has 2 rings (SSSR count). The summed E-state index contributed by atoms with van der Waals surface area (Å²) >= 11 is 11.0. The summed E-state index contributed by atoms with van der Waals surface area (Å²) in [6.45, 7) is 0.760. The van der Waals surface area contributed by atoms with Gasteiger partial charge in [0, 0.05) is 25.2 Å². The Morgan fingerprint density at radius 3 is 2.89 bits per heavy atom. The molecule has 0 aliphatic heterocycles. The Bertz CT molecular complexity index is 546. The van der Waals surface area contributed by atoms with Gasteiger partial charge in [-0.1, -0.05) is 11.6 Å². The number of halogens is 2. The normalized spacial score (nSPS) is 10.4. The van der Waals surface area contributed by atoms with Crippen LogP contribution in [0.4, 0.5) is 11.8 Å². The van der Waals surface area contributed by atoms with E-state index in [4.69, 9.17) is 11.6 Å². The fourth-order valence-corrected chi connectivity index (χ4v) is 3.13. The summed E-state index contributed by atoms with van der Waals surface area (Å²) in [5, 5.41) is 2.93. The van der Waals surface area contributed by atoms with Gasteiger partial charge in [-0.3, -0.25) is 0 Å². The van der Waals surface area contributed by atoms with Gasteiger partial charge in [-0.15, -0.1) is 11.3 Å². The van der Waals surface area contributed by atoms with Gasteiger partial charge in [-0.2, -0.15) is 4.98 Å². The monoisotopic (exact) mass is 346 g/mol. The van der Waals surface area contributed by atoms with Crippen molar-refractivity contribution < 1.29 is 0 Å². The Morgan fingerprint density at radius 2 is 2.28 bits per heavy atom. The zero-order valence-electron chi connectivity index (χ0n) is 9.94. The van der Waals surface area contributed by atoms with E-state index in [-0.39, 0.29) is 0 Å². The first-order valence-electron chi connectivity index (χ1n) is 5.26. The van der Waals surface area contributed by atoms with Crippen LogP contribution in [0.2, 0.25) is 4.34 Å². The predicted octanol–water partition coefficient (Wildman–Crippen LogP) is 3.63. The van der Waals surface area contributed by atoms with Gasteiger partial charge >= 0.3 is 0 Å². The molecule has 0 radical (unpaired) electrons. The van der Waals surface area contributed by atoms with E-state index < -0.39 is 0 Å². The third kappa shape index (κ3) is 3.13. The van der Waals surface area contributed by atoms with Crippen LogP contribution in [0.25, 0.3) is 0 Å². The molecule has 7 heteroatoms. The maximum Gasteiger partial charge on any atom is 0.224 e. The maximum atomic E-state index is 5.92. The minimum atomic E-state index is 0.601. The molecule has 0 saturated carbocycles. The Labute approximate surface area is 123 Å². The van der Waals surface area contributed by atoms with Gasteiger partial charge in [0.05, 0.1) is 15.4 Å². The fourth-order valence-electron chi connectivity index (χ4n) is 1.49. The standard InChI is InChI=1S/C11H12BrClN4S/c1-14-11-15-5-8(12)10(16-11)17(2)6-7-3-4-9(13)18-7/h3-5H,6H2,1-2H3,(H,14,15,16). The molecule has 0 aliphatic rings. The highest BCUT2D eigenvalue weighted by atomic mass is 79.9. The summed E-state index contributed by atoms with van der Waals surface area (Å²) in [7, 11) is 3.78. The van der Waals surface area contributed by atoms with Crippen LogP contribution in [-0.4, -0.2) is 24.1 Å². The van der Waals surface area contributed by atoms with Gasteiger partial charge in [-0.25, -0.2) is 4.98 Å². The summed E-state index contributed by atoms with van der Waals surface area (Å²) in [5.41, 5.74) is 0. The fraction of sp³-hybridized carbons (Fsp3) is 0.273. The van der Waals surface area contributed by atoms with Crippen LogP contribution in [0.1, 0.15) is 4.88 Å². The molecule has 0 atom stereocenters. The second-order valence-electron chi connectivity index (χ2n) is 3.68. The zero-order valence-corrected chi connectivity index (χ0v) is 13.1. The van der Waals surface area contributed by atoms with Gasteiger partial charge in [0.1, 0.15) is 5.82 Å². The number of thiophene rings is 1. The molecule has 0 spiro atoms. The molecule has 0 saturated heterocycles. The van der Waals surface area contributed by atoms with Crippen LogP contribution in [0.3, 0.4) is 0 Å². The highest BCUT2D eigenvalue weighted by molar-refractivity contribution is 9.10. The van der Waals surface area contributed by atoms with Crippen molar-refractivity contribution in [1.82, 2.24) is 9.97 Å². The molecule has 18 heavy (non-hydrogen) atoms. The lowest BCUT2D eigenvalue weighted by atomic mass is 10.4. The first kappa shape index (κ1) is 13.6. The van der Waals surface area contributed by atoms with Crippen LogP contribution in [0.15, 0.2) is 22.8 Å². The van der Waals surface area contributed by atoms with E-state index in [0.717, 1.165) is 21.2 Å². The quantitative estimate of drug-likeness (QED) is 0.917. The Balaban J connectivity index is 2.20. The van der Waals surface area contributed by atoms with E-state index in [2.05, 4.69) is 36.1 Å². The van der Waals surface area contributed by atoms with Crippen molar-refractivity contribution in [3.05, 3.63) is 32.0 Å². The molecule has 96 valence electrons. The average Bonchev–Trinajstić information content (AvgIpc) is 2.75. The van der Waals surface area contributed by atoms with Crippen molar-refractivity contribution in [2.75, 3.05) is 24.3 Å². The van der Waals surface area contributed by atoms with Crippen molar-refractivity contribution in [2.45, 2.75) is 6.54 Å². The minimum Gasteiger partial charge on any atom is -0.357 e. The van der Waals surface area contributed by atoms with Crippen LogP contribution >= 0.6 is 38.9 Å². The molecule has 0 fully saturated rings. The molecule has 4 nitrogen and oxygen atoms in total. The number of anilines is 2. The Morgan fingerprint density at radius 1 is 1.50 bits per heavy atom. The SMILES string of the molecule is CNc1ncc(Br)c(N(C)Cc2ccc(Cl)s2)n1. The largest absolute Gasteiger partial charge is 0.357 e. The summed E-state index contributed by atoms with van der Waals surface area (Å²) in [5.74, 6) is 1.45. The summed E-state index contributed by atoms with van der Waals surface area (Å²) in [6.07, 6.45) is 1.74. The summed E-state index contributed by atoms with van der Waals surface area (Å²) in [4.78, 5) is 11.8. The maximum absolute atomic E-state index is 5.92. The van der Waals surface area contributed by atoms with Crippen molar-refractivity contribution in [3.63, 3.8) is 0 Å². The molecular formula is C11H12BrClN4S. The number of hydrogen-bond acceptors (Lipinski definition) is 5. The van der Waals surface area contributed by atoms with Crippen LogP contribution in [-0.2, 0) is 6.54 Å². The lowest BCUT2D eigenvalue weighted by Crippen LogP contribution is -2.18. The highest BCUT2D eigenvalue weighted by Gasteiger charge is 2.11. The van der Waals surface area contributed by atoms with Gasteiger partial charge in [0.25, 0.3) is 0 Å². The van der Waals surface area contributed by atoms with E-state index in [1.165, 1.54) is 4.88 Å². The van der Waals surface area contributed by atoms with E-state index in [1.807, 2.05) is 19.2 Å². The highest BCUT2D eigenvalue weighted by Crippen LogP contribution is 2.27. The second kappa shape index (κ2) is 5.86. The average molecular weight is 348 g/mol. The van der Waals surface area contributed by atoms with E-state index in [1.54, 1.807) is 24.6 Å². The first-order chi connectivity index (χ1) is 8.60. The molecule has 2 aromatic rings. The van der Waals surface area contributed by atoms with Crippen LogP contribution < -0.4 is 10.2 Å². The van der Waals surface area contributed by atoms with Gasteiger partial charge < -0.3 is 10.2 Å². The van der Waals surface area contributed by atoms with Crippen molar-refractivity contribution in [3.8, 4) is 0 Å². The van der Waals surface area contributed by atoms with E-state index in [9.17, 15) is 0 Å². The number of rotatable bonds is 4. The molecule has 2 heterocycles. The van der Waals surface area contributed by atoms with E-state index in [0.29, 0.717) is 5.95 Å². The zero-order chi connectivity index (χ0) is 13.1. The number of hydrogen-bond donors (Lipinski definition) is 1. The van der Waals surface area contributed by atoms with Gasteiger partial charge in [0.15, 0.2) is 0 Å². The summed E-state index contributed by atoms with van der Waals surface area (Å²) in [6, 6.07) is 3.93. The number of aromatic nitrogens is 2. The van der Waals surface area contributed by atoms with Gasteiger partial charge in [0.2, 0.25) is 5.95 Å². The molecule has 0 aromatic carbocycles. The second-order valence-corrected chi connectivity index (χ2v) is 6.33. The lowest BCUT2D eigenvalue weighted by Gasteiger charge is -2.18. The third-order valence-electron chi connectivity index (χ3n) is 2.33. The van der Waals surface area contributed by atoms with Crippen LogP contribution in [0, 0.1) is 0 Å². The Hall–Kier alpha value is -0.850. The van der Waals surface area contributed by atoms with Crippen molar-refractivity contribution in [2.24, 2.45) is 0 Å². The number of nitrogens with zero attached hydrogens (tertiary/aromatic N) is 3. The van der Waals surface area contributed by atoms with Gasteiger partial charge in [-0.05, 0) is 28.1 Å². The first-order valence-corrected chi connectivity index (χ1v) is 7.24. The summed E-state index contributed by atoms with van der Waals surface area (Å²) < 4.78 is 1.67. The number of nitrogens with one attached hydrogen (secondary N) is 1.